The maximum absolute atomic E-state index is 5.07. The van der Waals surface area contributed by atoms with Crippen LogP contribution in [0.25, 0.3) is 0 Å². The molecule has 4 rings (SSSR count). The molecule has 1 saturated heterocycles. The third-order valence-electron chi connectivity index (χ3n) is 5.40. The molecule has 24 heavy (non-hydrogen) atoms. The van der Waals surface area contributed by atoms with Gasteiger partial charge in [0.15, 0.2) is 5.82 Å². The minimum atomic E-state index is 0.568. The van der Waals surface area contributed by atoms with E-state index in [1.165, 1.54) is 31.2 Å². The van der Waals surface area contributed by atoms with Crippen LogP contribution in [0.2, 0.25) is 0 Å². The smallest absolute Gasteiger partial charge is 0.223 e. The number of hydrogen-bond donors (Lipinski definition) is 0. The van der Waals surface area contributed by atoms with Gasteiger partial charge in [-0.1, -0.05) is 23.4 Å². The van der Waals surface area contributed by atoms with E-state index in [0.717, 1.165) is 32.0 Å². The van der Waals surface area contributed by atoms with Gasteiger partial charge >= 0.3 is 0 Å². The quantitative estimate of drug-likeness (QED) is 0.845. The Labute approximate surface area is 143 Å². The van der Waals surface area contributed by atoms with Gasteiger partial charge in [-0.15, -0.1) is 0 Å². The summed E-state index contributed by atoms with van der Waals surface area (Å²) in [6.45, 7) is 5.94. The molecule has 0 spiro atoms. The molecule has 1 aromatic carbocycles. The van der Waals surface area contributed by atoms with Crippen LogP contribution in [0.4, 0.5) is 0 Å². The summed E-state index contributed by atoms with van der Waals surface area (Å²) in [7, 11) is 2.16. The molecule has 1 aliphatic heterocycles. The molecule has 1 atom stereocenters. The summed E-state index contributed by atoms with van der Waals surface area (Å²) in [4.78, 5) is 9.23. The lowest BCUT2D eigenvalue weighted by Crippen LogP contribution is -2.34. The first-order valence-electron chi connectivity index (χ1n) is 9.00. The monoisotopic (exact) mass is 326 g/mol. The molecule has 1 aliphatic carbocycles. The average molecular weight is 326 g/mol. The van der Waals surface area contributed by atoms with E-state index in [1.807, 2.05) is 6.92 Å². The van der Waals surface area contributed by atoms with Crippen LogP contribution in [0.3, 0.4) is 0 Å². The Morgan fingerprint density at radius 3 is 3.00 bits per heavy atom. The number of nitrogens with zero attached hydrogens (tertiary/aromatic N) is 4. The third-order valence-corrected chi connectivity index (χ3v) is 5.40. The summed E-state index contributed by atoms with van der Waals surface area (Å²) < 4.78 is 5.07. The summed E-state index contributed by atoms with van der Waals surface area (Å²) in [6.07, 6.45) is 5.06. The van der Waals surface area contributed by atoms with Crippen LogP contribution in [0.1, 0.15) is 41.2 Å². The second kappa shape index (κ2) is 6.65. The van der Waals surface area contributed by atoms with Crippen LogP contribution in [-0.4, -0.2) is 46.1 Å². The predicted octanol–water partition coefficient (Wildman–Crippen LogP) is 2.57. The van der Waals surface area contributed by atoms with Crippen LogP contribution in [0.15, 0.2) is 22.7 Å². The molecule has 0 amide bonds. The zero-order valence-corrected chi connectivity index (χ0v) is 14.7. The van der Waals surface area contributed by atoms with E-state index < -0.39 is 0 Å². The SMILES string of the molecule is Cc1nc(CN(C)[C@@H]2CCN(Cc3ccc4c(c3)CCC4)C2)no1. The van der Waals surface area contributed by atoms with Gasteiger partial charge in [0.05, 0.1) is 6.54 Å². The highest BCUT2D eigenvalue weighted by Crippen LogP contribution is 2.24. The molecule has 2 heterocycles. The summed E-state index contributed by atoms with van der Waals surface area (Å²) in [5.74, 6) is 1.43. The molecular weight excluding hydrogens is 300 g/mol. The molecular formula is C19H26N4O. The highest BCUT2D eigenvalue weighted by Gasteiger charge is 2.26. The molecule has 1 fully saturated rings. The van der Waals surface area contributed by atoms with Crippen molar-refractivity contribution in [3.63, 3.8) is 0 Å². The zero-order valence-electron chi connectivity index (χ0n) is 14.7. The number of benzene rings is 1. The van der Waals surface area contributed by atoms with E-state index in [-0.39, 0.29) is 0 Å². The fourth-order valence-corrected chi connectivity index (χ4v) is 4.06. The first kappa shape index (κ1) is 15.8. The van der Waals surface area contributed by atoms with Crippen molar-refractivity contribution >= 4 is 0 Å². The Balaban J connectivity index is 1.32. The van der Waals surface area contributed by atoms with E-state index in [4.69, 9.17) is 4.52 Å². The Hall–Kier alpha value is -1.72. The number of rotatable bonds is 5. The third kappa shape index (κ3) is 3.37. The van der Waals surface area contributed by atoms with Gasteiger partial charge in [-0.05, 0) is 49.4 Å². The second-order valence-electron chi connectivity index (χ2n) is 7.28. The first-order chi connectivity index (χ1) is 11.7. The lowest BCUT2D eigenvalue weighted by atomic mass is 10.1. The molecule has 128 valence electrons. The van der Waals surface area contributed by atoms with Gasteiger partial charge in [0.2, 0.25) is 5.89 Å². The minimum absolute atomic E-state index is 0.568. The van der Waals surface area contributed by atoms with Crippen LogP contribution >= 0.6 is 0 Å². The van der Waals surface area contributed by atoms with E-state index in [0.29, 0.717) is 11.9 Å². The molecule has 0 unspecified atom stereocenters. The Morgan fingerprint density at radius 2 is 2.17 bits per heavy atom. The molecule has 1 aromatic heterocycles. The summed E-state index contributed by atoms with van der Waals surface area (Å²) >= 11 is 0. The number of likely N-dealkylation sites (tertiary alicyclic amines) is 1. The summed E-state index contributed by atoms with van der Waals surface area (Å²) in [5.41, 5.74) is 4.61. The van der Waals surface area contributed by atoms with Crippen molar-refractivity contribution in [2.24, 2.45) is 0 Å². The highest BCUT2D eigenvalue weighted by atomic mass is 16.5. The average Bonchev–Trinajstić information content (AvgIpc) is 3.28. The summed E-state index contributed by atoms with van der Waals surface area (Å²) in [5, 5.41) is 4.01. The van der Waals surface area contributed by atoms with Gasteiger partial charge in [-0.3, -0.25) is 9.80 Å². The Kier molecular flexibility index (Phi) is 4.37. The van der Waals surface area contributed by atoms with E-state index in [2.05, 4.69) is 45.2 Å². The van der Waals surface area contributed by atoms with Crippen molar-refractivity contribution in [2.45, 2.75) is 51.7 Å². The molecule has 5 nitrogen and oxygen atoms in total. The van der Waals surface area contributed by atoms with Gasteiger partial charge in [-0.25, -0.2) is 0 Å². The fourth-order valence-electron chi connectivity index (χ4n) is 4.06. The molecule has 5 heteroatoms. The van der Waals surface area contributed by atoms with Gasteiger partial charge in [0.1, 0.15) is 0 Å². The standard InChI is InChI=1S/C19H26N4O/c1-14-20-19(21-24-14)13-22(2)18-8-9-23(12-18)11-15-6-7-16-4-3-5-17(16)10-15/h6-7,10,18H,3-5,8-9,11-13H2,1-2H3/t18-/m1/s1. The molecule has 0 N–H and O–H groups in total. The van der Waals surface area contributed by atoms with Crippen LogP contribution in [0, 0.1) is 6.92 Å². The molecule has 0 bridgehead atoms. The van der Waals surface area contributed by atoms with Crippen molar-refractivity contribution in [3.05, 3.63) is 46.6 Å². The lowest BCUT2D eigenvalue weighted by Gasteiger charge is -2.23. The Bertz CT molecular complexity index is 711. The number of aryl methyl sites for hydroxylation is 3. The highest BCUT2D eigenvalue weighted by molar-refractivity contribution is 5.35. The minimum Gasteiger partial charge on any atom is -0.340 e. The van der Waals surface area contributed by atoms with Crippen LogP contribution in [-0.2, 0) is 25.9 Å². The van der Waals surface area contributed by atoms with Crippen LogP contribution in [0.5, 0.6) is 0 Å². The molecule has 0 saturated carbocycles. The number of likely N-dealkylation sites (N-methyl/N-ethyl adjacent to an activating group) is 1. The van der Waals surface area contributed by atoms with Crippen molar-refractivity contribution in [3.8, 4) is 0 Å². The lowest BCUT2D eigenvalue weighted by molar-refractivity contribution is 0.216. The fraction of sp³-hybridized carbons (Fsp3) is 0.579. The predicted molar refractivity (Wildman–Crippen MR) is 92.7 cm³/mol. The largest absolute Gasteiger partial charge is 0.340 e. The van der Waals surface area contributed by atoms with E-state index in [1.54, 1.807) is 11.1 Å². The Morgan fingerprint density at radius 1 is 1.29 bits per heavy atom. The van der Waals surface area contributed by atoms with Crippen molar-refractivity contribution in [2.75, 3.05) is 20.1 Å². The van der Waals surface area contributed by atoms with Gasteiger partial charge < -0.3 is 4.52 Å². The van der Waals surface area contributed by atoms with Crippen molar-refractivity contribution in [1.82, 2.24) is 19.9 Å². The maximum atomic E-state index is 5.07. The van der Waals surface area contributed by atoms with Crippen LogP contribution < -0.4 is 0 Å². The van der Waals surface area contributed by atoms with Gasteiger partial charge in [0, 0.05) is 32.6 Å². The number of hydrogen-bond acceptors (Lipinski definition) is 5. The molecule has 0 radical (unpaired) electrons. The van der Waals surface area contributed by atoms with Crippen molar-refractivity contribution in [1.29, 1.82) is 0 Å². The van der Waals surface area contributed by atoms with E-state index in [9.17, 15) is 0 Å². The van der Waals surface area contributed by atoms with E-state index >= 15 is 0 Å². The van der Waals surface area contributed by atoms with Gasteiger partial charge in [-0.2, -0.15) is 4.98 Å². The maximum Gasteiger partial charge on any atom is 0.223 e. The van der Waals surface area contributed by atoms with Crippen molar-refractivity contribution < 1.29 is 4.52 Å². The second-order valence-corrected chi connectivity index (χ2v) is 7.28. The molecule has 2 aliphatic rings. The number of fused-ring (bicyclic) bond motifs is 1. The number of aromatic nitrogens is 2. The summed E-state index contributed by atoms with van der Waals surface area (Å²) in [6, 6.07) is 7.67. The zero-order chi connectivity index (χ0) is 16.5. The normalized spacial score (nSPS) is 20.9. The first-order valence-corrected chi connectivity index (χ1v) is 9.00. The topological polar surface area (TPSA) is 45.4 Å². The molecule has 2 aromatic rings. The van der Waals surface area contributed by atoms with Gasteiger partial charge in [0.25, 0.3) is 0 Å².